The van der Waals surface area contributed by atoms with Crippen molar-refractivity contribution in [2.24, 2.45) is 0 Å². The van der Waals surface area contributed by atoms with Crippen LogP contribution in [0.2, 0.25) is 0 Å². The molecule has 17 heavy (non-hydrogen) atoms. The molecule has 0 aromatic carbocycles. The van der Waals surface area contributed by atoms with E-state index in [4.69, 9.17) is 0 Å². The fraction of sp³-hybridized carbons (Fsp3) is 0.714. The van der Waals surface area contributed by atoms with E-state index in [0.29, 0.717) is 0 Å². The van der Waals surface area contributed by atoms with E-state index in [1.165, 1.54) is 30.6 Å². The maximum Gasteiger partial charge on any atom is 0.0223 e. The van der Waals surface area contributed by atoms with Crippen molar-refractivity contribution in [3.05, 3.63) is 24.0 Å². The zero-order chi connectivity index (χ0) is 12.1. The molecule has 0 radical (unpaired) electrons. The molecule has 0 spiro atoms. The Kier molecular flexibility index (Phi) is 4.99. The summed E-state index contributed by atoms with van der Waals surface area (Å²) in [5.74, 6) is 1.25. The van der Waals surface area contributed by atoms with Gasteiger partial charge in [-0.1, -0.05) is 13.3 Å². The third kappa shape index (κ3) is 3.52. The SMILES string of the molecule is CCSC1CCCC1NCc1ccn(CC)c1. The molecular formula is C14H24N2S. The average Bonchev–Trinajstić information content (AvgIpc) is 2.95. The maximum absolute atomic E-state index is 3.74. The third-order valence-corrected chi connectivity index (χ3v) is 4.90. The molecule has 1 saturated carbocycles. The molecular weight excluding hydrogens is 228 g/mol. The van der Waals surface area contributed by atoms with Crippen molar-refractivity contribution in [2.45, 2.75) is 57.5 Å². The molecule has 1 N–H and O–H groups in total. The number of aryl methyl sites for hydroxylation is 1. The van der Waals surface area contributed by atoms with Crippen LogP contribution in [0.25, 0.3) is 0 Å². The summed E-state index contributed by atoms with van der Waals surface area (Å²) in [5.41, 5.74) is 1.42. The summed E-state index contributed by atoms with van der Waals surface area (Å²) in [6.07, 6.45) is 8.57. The van der Waals surface area contributed by atoms with E-state index in [1.807, 2.05) is 0 Å². The first kappa shape index (κ1) is 13.0. The van der Waals surface area contributed by atoms with Gasteiger partial charge in [0, 0.05) is 36.8 Å². The Morgan fingerprint density at radius 3 is 3.00 bits per heavy atom. The lowest BCUT2D eigenvalue weighted by molar-refractivity contribution is 0.531. The van der Waals surface area contributed by atoms with Crippen LogP contribution in [0, 0.1) is 0 Å². The highest BCUT2D eigenvalue weighted by molar-refractivity contribution is 7.99. The van der Waals surface area contributed by atoms with Crippen LogP contribution in [0.15, 0.2) is 18.5 Å². The number of aromatic nitrogens is 1. The van der Waals surface area contributed by atoms with Gasteiger partial charge in [0.25, 0.3) is 0 Å². The maximum atomic E-state index is 3.74. The van der Waals surface area contributed by atoms with Gasteiger partial charge in [-0.25, -0.2) is 0 Å². The lowest BCUT2D eigenvalue weighted by Gasteiger charge is -2.19. The molecule has 96 valence electrons. The summed E-state index contributed by atoms with van der Waals surface area (Å²) in [6, 6.07) is 2.96. The quantitative estimate of drug-likeness (QED) is 0.837. The average molecular weight is 252 g/mol. The van der Waals surface area contributed by atoms with Crippen molar-refractivity contribution >= 4 is 11.8 Å². The zero-order valence-electron chi connectivity index (χ0n) is 11.0. The molecule has 2 unspecified atom stereocenters. The fourth-order valence-electron chi connectivity index (χ4n) is 2.61. The number of nitrogens with one attached hydrogen (secondary N) is 1. The van der Waals surface area contributed by atoms with Crippen molar-refractivity contribution in [2.75, 3.05) is 5.75 Å². The standard InChI is InChI=1S/C14H24N2S/c1-3-16-9-8-12(11-16)10-15-13-6-5-7-14(13)17-4-2/h8-9,11,13-15H,3-7,10H2,1-2H3. The van der Waals surface area contributed by atoms with Crippen LogP contribution in [-0.2, 0) is 13.1 Å². The first-order valence-corrected chi connectivity index (χ1v) is 7.88. The topological polar surface area (TPSA) is 17.0 Å². The van der Waals surface area contributed by atoms with Crippen molar-refractivity contribution < 1.29 is 0 Å². The highest BCUT2D eigenvalue weighted by Gasteiger charge is 2.26. The summed E-state index contributed by atoms with van der Waals surface area (Å²) < 4.78 is 2.24. The van der Waals surface area contributed by atoms with E-state index in [0.717, 1.165) is 24.4 Å². The second kappa shape index (κ2) is 6.50. The molecule has 2 nitrogen and oxygen atoms in total. The van der Waals surface area contributed by atoms with Crippen LogP contribution >= 0.6 is 11.8 Å². The number of rotatable bonds is 6. The predicted molar refractivity (Wildman–Crippen MR) is 76.5 cm³/mol. The Bertz CT molecular complexity index is 335. The van der Waals surface area contributed by atoms with Gasteiger partial charge in [0.15, 0.2) is 0 Å². The van der Waals surface area contributed by atoms with E-state index in [9.17, 15) is 0 Å². The summed E-state index contributed by atoms with van der Waals surface area (Å²) in [6.45, 7) is 6.54. The van der Waals surface area contributed by atoms with Gasteiger partial charge in [0.05, 0.1) is 0 Å². The normalized spacial score (nSPS) is 24.4. The molecule has 0 amide bonds. The van der Waals surface area contributed by atoms with Crippen LogP contribution in [0.5, 0.6) is 0 Å². The summed E-state index contributed by atoms with van der Waals surface area (Å²) in [7, 11) is 0. The van der Waals surface area contributed by atoms with Crippen molar-refractivity contribution in [1.82, 2.24) is 9.88 Å². The third-order valence-electron chi connectivity index (χ3n) is 3.58. The Balaban J connectivity index is 1.80. The van der Waals surface area contributed by atoms with E-state index in [1.54, 1.807) is 0 Å². The molecule has 2 rings (SSSR count). The largest absolute Gasteiger partial charge is 0.354 e. The number of hydrogen-bond acceptors (Lipinski definition) is 2. The lowest BCUT2D eigenvalue weighted by atomic mass is 10.2. The second-order valence-corrected chi connectivity index (χ2v) is 6.28. The fourth-order valence-corrected chi connectivity index (χ4v) is 3.84. The molecule has 0 bridgehead atoms. The van der Waals surface area contributed by atoms with Crippen molar-refractivity contribution in [3.63, 3.8) is 0 Å². The van der Waals surface area contributed by atoms with Gasteiger partial charge in [-0.05, 0) is 37.1 Å². The second-order valence-electron chi connectivity index (χ2n) is 4.76. The number of nitrogens with zero attached hydrogens (tertiary/aromatic N) is 1. The van der Waals surface area contributed by atoms with E-state index < -0.39 is 0 Å². The van der Waals surface area contributed by atoms with E-state index >= 15 is 0 Å². The molecule has 1 aliphatic rings. The Labute approximate surface area is 109 Å². The Morgan fingerprint density at radius 2 is 2.29 bits per heavy atom. The van der Waals surface area contributed by atoms with Crippen LogP contribution in [0.4, 0.5) is 0 Å². The molecule has 3 heteroatoms. The minimum absolute atomic E-state index is 0.727. The first-order valence-electron chi connectivity index (χ1n) is 6.83. The lowest BCUT2D eigenvalue weighted by Crippen LogP contribution is -2.33. The van der Waals surface area contributed by atoms with Crippen LogP contribution in [-0.4, -0.2) is 21.6 Å². The van der Waals surface area contributed by atoms with E-state index in [2.05, 4.69) is 54.0 Å². The molecule has 1 heterocycles. The van der Waals surface area contributed by atoms with Gasteiger partial charge < -0.3 is 9.88 Å². The van der Waals surface area contributed by atoms with Gasteiger partial charge in [0.1, 0.15) is 0 Å². The van der Waals surface area contributed by atoms with Crippen LogP contribution < -0.4 is 5.32 Å². The van der Waals surface area contributed by atoms with Gasteiger partial charge in [-0.2, -0.15) is 11.8 Å². The van der Waals surface area contributed by atoms with E-state index in [-0.39, 0.29) is 0 Å². The van der Waals surface area contributed by atoms with Crippen molar-refractivity contribution in [1.29, 1.82) is 0 Å². The monoisotopic (exact) mass is 252 g/mol. The molecule has 0 aliphatic heterocycles. The molecule has 1 aliphatic carbocycles. The summed E-state index contributed by atoms with van der Waals surface area (Å²) in [4.78, 5) is 0. The van der Waals surface area contributed by atoms with Crippen LogP contribution in [0.1, 0.15) is 38.7 Å². The minimum atomic E-state index is 0.727. The number of hydrogen-bond donors (Lipinski definition) is 1. The van der Waals surface area contributed by atoms with Gasteiger partial charge in [-0.15, -0.1) is 0 Å². The minimum Gasteiger partial charge on any atom is -0.354 e. The molecule has 2 atom stereocenters. The van der Waals surface area contributed by atoms with Gasteiger partial charge in [0.2, 0.25) is 0 Å². The summed E-state index contributed by atoms with van der Waals surface area (Å²) in [5, 5.41) is 4.58. The zero-order valence-corrected chi connectivity index (χ0v) is 11.8. The summed E-state index contributed by atoms with van der Waals surface area (Å²) >= 11 is 2.12. The smallest absolute Gasteiger partial charge is 0.0223 e. The molecule has 1 aromatic rings. The van der Waals surface area contributed by atoms with Crippen molar-refractivity contribution in [3.8, 4) is 0 Å². The number of thioether (sulfide) groups is 1. The predicted octanol–water partition coefficient (Wildman–Crippen LogP) is 3.27. The Morgan fingerprint density at radius 1 is 1.41 bits per heavy atom. The first-order chi connectivity index (χ1) is 8.33. The van der Waals surface area contributed by atoms with Crippen LogP contribution in [0.3, 0.4) is 0 Å². The van der Waals surface area contributed by atoms with Gasteiger partial charge >= 0.3 is 0 Å². The highest BCUT2D eigenvalue weighted by atomic mass is 32.2. The molecule has 0 saturated heterocycles. The molecule has 1 aromatic heterocycles. The Hall–Kier alpha value is -0.410. The highest BCUT2D eigenvalue weighted by Crippen LogP contribution is 2.30. The molecule has 1 fully saturated rings. The van der Waals surface area contributed by atoms with Gasteiger partial charge in [-0.3, -0.25) is 0 Å².